The number of aromatic nitrogens is 2. The van der Waals surface area contributed by atoms with E-state index in [-0.39, 0.29) is 6.04 Å². The first-order valence-corrected chi connectivity index (χ1v) is 6.00. The lowest BCUT2D eigenvalue weighted by atomic mass is 10.0. The second kappa shape index (κ2) is 6.02. The lowest BCUT2D eigenvalue weighted by Crippen LogP contribution is -2.19. The molecule has 0 aliphatic carbocycles. The molecule has 2 atom stereocenters. The Hall–Kier alpha value is -1.33. The highest BCUT2D eigenvalue weighted by molar-refractivity contribution is 5.34. The standard InChI is InChI=1S/C12H18F3N3/c1-4-8(2)7-9(3)16-11-6-5-10(17-18-11)12(13,14)15/h5-6,8-9H,4,7H2,1-3H3,(H,16,18). The Morgan fingerprint density at radius 1 is 1.22 bits per heavy atom. The maximum Gasteiger partial charge on any atom is 0.435 e. The van der Waals surface area contributed by atoms with Crippen LogP contribution in [0.1, 0.15) is 39.3 Å². The minimum Gasteiger partial charge on any atom is -0.366 e. The fraction of sp³-hybridized carbons (Fsp3) is 0.667. The number of nitrogens with one attached hydrogen (secondary N) is 1. The topological polar surface area (TPSA) is 37.8 Å². The van der Waals surface area contributed by atoms with E-state index in [0.717, 1.165) is 18.9 Å². The Kier molecular flexibility index (Phi) is 4.93. The monoisotopic (exact) mass is 261 g/mol. The van der Waals surface area contributed by atoms with E-state index in [2.05, 4.69) is 29.4 Å². The van der Waals surface area contributed by atoms with Crippen LogP contribution in [0.3, 0.4) is 0 Å². The molecule has 0 saturated heterocycles. The fourth-order valence-corrected chi connectivity index (χ4v) is 1.64. The van der Waals surface area contributed by atoms with Gasteiger partial charge < -0.3 is 5.32 Å². The lowest BCUT2D eigenvalue weighted by Gasteiger charge is -2.17. The van der Waals surface area contributed by atoms with Crippen molar-refractivity contribution in [3.63, 3.8) is 0 Å². The number of nitrogens with zero attached hydrogens (tertiary/aromatic N) is 2. The van der Waals surface area contributed by atoms with Crippen LogP contribution >= 0.6 is 0 Å². The van der Waals surface area contributed by atoms with Crippen LogP contribution in [0.25, 0.3) is 0 Å². The lowest BCUT2D eigenvalue weighted by molar-refractivity contribution is -0.141. The molecule has 1 N–H and O–H groups in total. The van der Waals surface area contributed by atoms with E-state index in [9.17, 15) is 13.2 Å². The summed E-state index contributed by atoms with van der Waals surface area (Å²) in [7, 11) is 0. The van der Waals surface area contributed by atoms with Crippen molar-refractivity contribution in [1.29, 1.82) is 0 Å². The van der Waals surface area contributed by atoms with E-state index < -0.39 is 11.9 Å². The zero-order chi connectivity index (χ0) is 13.8. The van der Waals surface area contributed by atoms with Gasteiger partial charge in [-0.15, -0.1) is 10.2 Å². The summed E-state index contributed by atoms with van der Waals surface area (Å²) >= 11 is 0. The van der Waals surface area contributed by atoms with Gasteiger partial charge in [0.05, 0.1) is 0 Å². The van der Waals surface area contributed by atoms with Gasteiger partial charge >= 0.3 is 6.18 Å². The molecule has 102 valence electrons. The molecule has 0 aromatic carbocycles. The van der Waals surface area contributed by atoms with Gasteiger partial charge in [0.25, 0.3) is 0 Å². The van der Waals surface area contributed by atoms with E-state index in [1.165, 1.54) is 6.07 Å². The van der Waals surface area contributed by atoms with Gasteiger partial charge in [0.15, 0.2) is 5.69 Å². The highest BCUT2D eigenvalue weighted by atomic mass is 19.4. The molecule has 0 aliphatic rings. The number of rotatable bonds is 5. The summed E-state index contributed by atoms with van der Waals surface area (Å²) in [6.45, 7) is 6.22. The molecule has 1 aromatic rings. The molecule has 1 rings (SSSR count). The van der Waals surface area contributed by atoms with Gasteiger partial charge in [0.2, 0.25) is 0 Å². The summed E-state index contributed by atoms with van der Waals surface area (Å²) in [5.41, 5.74) is -0.970. The third-order valence-corrected chi connectivity index (χ3v) is 2.80. The Balaban J connectivity index is 2.58. The van der Waals surface area contributed by atoms with Gasteiger partial charge in [-0.1, -0.05) is 20.3 Å². The Morgan fingerprint density at radius 2 is 1.89 bits per heavy atom. The van der Waals surface area contributed by atoms with Crippen LogP contribution in [-0.2, 0) is 6.18 Å². The van der Waals surface area contributed by atoms with Crippen molar-refractivity contribution in [3.05, 3.63) is 17.8 Å². The number of alkyl halides is 3. The molecule has 1 heterocycles. The molecular weight excluding hydrogens is 243 g/mol. The summed E-state index contributed by atoms with van der Waals surface area (Å²) < 4.78 is 36.8. The molecule has 0 radical (unpaired) electrons. The van der Waals surface area contributed by atoms with Crippen LogP contribution in [0, 0.1) is 5.92 Å². The molecule has 0 fully saturated rings. The van der Waals surface area contributed by atoms with Crippen molar-refractivity contribution in [3.8, 4) is 0 Å². The van der Waals surface area contributed by atoms with Crippen LogP contribution in [0.5, 0.6) is 0 Å². The first-order valence-electron chi connectivity index (χ1n) is 6.00. The normalized spacial score (nSPS) is 15.2. The molecule has 0 aliphatic heterocycles. The van der Waals surface area contributed by atoms with E-state index in [4.69, 9.17) is 0 Å². The molecule has 0 spiro atoms. The summed E-state index contributed by atoms with van der Waals surface area (Å²) in [6.07, 6.45) is -2.42. The molecule has 2 unspecified atom stereocenters. The summed E-state index contributed by atoms with van der Waals surface area (Å²) in [5, 5.41) is 9.75. The van der Waals surface area contributed by atoms with Crippen molar-refractivity contribution < 1.29 is 13.2 Å². The van der Waals surface area contributed by atoms with Gasteiger partial charge in [0.1, 0.15) is 5.82 Å². The Labute approximate surface area is 105 Å². The zero-order valence-electron chi connectivity index (χ0n) is 10.8. The second-order valence-electron chi connectivity index (χ2n) is 4.60. The van der Waals surface area contributed by atoms with Crippen LogP contribution < -0.4 is 5.32 Å². The minimum absolute atomic E-state index is 0.158. The van der Waals surface area contributed by atoms with Gasteiger partial charge in [-0.05, 0) is 31.4 Å². The largest absolute Gasteiger partial charge is 0.435 e. The molecule has 0 saturated carbocycles. The quantitative estimate of drug-likeness (QED) is 0.877. The van der Waals surface area contributed by atoms with E-state index in [1.54, 1.807) is 0 Å². The van der Waals surface area contributed by atoms with Crippen molar-refractivity contribution in [2.24, 2.45) is 5.92 Å². The molecule has 18 heavy (non-hydrogen) atoms. The van der Waals surface area contributed by atoms with Gasteiger partial charge in [-0.25, -0.2) is 0 Å². The molecule has 0 amide bonds. The number of halogens is 3. The highest BCUT2D eigenvalue weighted by Crippen LogP contribution is 2.27. The van der Waals surface area contributed by atoms with Crippen molar-refractivity contribution >= 4 is 5.82 Å². The predicted octanol–water partition coefficient (Wildman–Crippen LogP) is 3.73. The minimum atomic E-state index is -4.44. The number of hydrogen-bond donors (Lipinski definition) is 1. The molecule has 0 bridgehead atoms. The zero-order valence-corrected chi connectivity index (χ0v) is 10.8. The smallest absolute Gasteiger partial charge is 0.366 e. The molecular formula is C12H18F3N3. The van der Waals surface area contributed by atoms with Crippen molar-refractivity contribution in [2.45, 2.75) is 45.8 Å². The van der Waals surface area contributed by atoms with Crippen LogP contribution in [0.4, 0.5) is 19.0 Å². The van der Waals surface area contributed by atoms with Gasteiger partial charge in [-0.3, -0.25) is 0 Å². The summed E-state index contributed by atoms with van der Waals surface area (Å²) in [5.74, 6) is 0.939. The van der Waals surface area contributed by atoms with Crippen molar-refractivity contribution in [1.82, 2.24) is 10.2 Å². The predicted molar refractivity (Wildman–Crippen MR) is 64.2 cm³/mol. The number of anilines is 1. The Morgan fingerprint density at radius 3 is 2.33 bits per heavy atom. The second-order valence-corrected chi connectivity index (χ2v) is 4.60. The molecule has 3 nitrogen and oxygen atoms in total. The maximum atomic E-state index is 12.3. The Bertz CT molecular complexity index is 362. The highest BCUT2D eigenvalue weighted by Gasteiger charge is 2.32. The van der Waals surface area contributed by atoms with E-state index in [1.807, 2.05) is 6.92 Å². The molecule has 1 aromatic heterocycles. The third-order valence-electron chi connectivity index (χ3n) is 2.80. The van der Waals surface area contributed by atoms with Crippen LogP contribution in [0.2, 0.25) is 0 Å². The van der Waals surface area contributed by atoms with Crippen LogP contribution in [-0.4, -0.2) is 16.2 Å². The van der Waals surface area contributed by atoms with E-state index >= 15 is 0 Å². The first-order chi connectivity index (χ1) is 8.32. The van der Waals surface area contributed by atoms with Gasteiger partial charge in [0, 0.05) is 6.04 Å². The van der Waals surface area contributed by atoms with Gasteiger partial charge in [-0.2, -0.15) is 13.2 Å². The third kappa shape index (κ3) is 4.50. The average Bonchev–Trinajstić information content (AvgIpc) is 2.28. The molecule has 6 heteroatoms. The maximum absolute atomic E-state index is 12.3. The van der Waals surface area contributed by atoms with E-state index in [0.29, 0.717) is 11.7 Å². The SMILES string of the molecule is CCC(C)CC(C)Nc1ccc(C(F)(F)F)nn1. The average molecular weight is 261 g/mol. The number of hydrogen-bond acceptors (Lipinski definition) is 3. The first kappa shape index (κ1) is 14.7. The van der Waals surface area contributed by atoms with Crippen LogP contribution in [0.15, 0.2) is 12.1 Å². The fourth-order valence-electron chi connectivity index (χ4n) is 1.64. The van der Waals surface area contributed by atoms with Crippen molar-refractivity contribution in [2.75, 3.05) is 5.32 Å². The summed E-state index contributed by atoms with van der Waals surface area (Å²) in [6, 6.07) is 2.40. The summed E-state index contributed by atoms with van der Waals surface area (Å²) in [4.78, 5) is 0.